The number of nitrogens with two attached hydrogens (primary N) is 1. The molecule has 14 heavy (non-hydrogen) atoms. The molecule has 1 atom stereocenters. The van der Waals surface area contributed by atoms with Crippen LogP contribution in [0.15, 0.2) is 5.16 Å². The van der Waals surface area contributed by atoms with E-state index in [4.69, 9.17) is 10.5 Å². The summed E-state index contributed by atoms with van der Waals surface area (Å²) in [6.45, 7) is 3.93. The van der Waals surface area contributed by atoms with Gasteiger partial charge in [0.25, 0.3) is 0 Å². The summed E-state index contributed by atoms with van der Waals surface area (Å²) in [4.78, 5) is 0. The first-order valence-corrected chi connectivity index (χ1v) is 5.27. The van der Waals surface area contributed by atoms with E-state index in [0.717, 1.165) is 5.16 Å². The average Bonchev–Trinajstić information content (AvgIpc) is 2.54. The van der Waals surface area contributed by atoms with Gasteiger partial charge < -0.3 is 10.5 Å². The predicted octanol–water partition coefficient (Wildman–Crippen LogP) is -0.241. The summed E-state index contributed by atoms with van der Waals surface area (Å²) in [6.07, 6.45) is 0. The Morgan fingerprint density at radius 2 is 2.43 bits per heavy atom. The molecule has 0 radical (unpaired) electrons. The summed E-state index contributed by atoms with van der Waals surface area (Å²) in [5.74, 6) is 0. The molecular weight excluding hydrogens is 202 g/mol. The first kappa shape index (κ1) is 11.4. The molecule has 0 fully saturated rings. The Hall–Kier alpha value is -0.660. The van der Waals surface area contributed by atoms with Crippen LogP contribution < -0.4 is 5.73 Å². The largest absolute Gasteiger partial charge is 0.384 e. The molecule has 0 spiro atoms. The predicted molar refractivity (Wildman–Crippen MR) is 54.1 cm³/mol. The first-order valence-electron chi connectivity index (χ1n) is 4.39. The third-order valence-corrected chi connectivity index (χ3v) is 2.59. The zero-order valence-corrected chi connectivity index (χ0v) is 9.20. The molecule has 1 heterocycles. The molecule has 1 aromatic rings. The van der Waals surface area contributed by atoms with E-state index in [1.165, 1.54) is 0 Å². The SMILES string of the molecule is COCC(C)Sc1nnnn1CCN. The zero-order chi connectivity index (χ0) is 10.4. The Bertz CT molecular complexity index is 266. The Morgan fingerprint density at radius 1 is 1.64 bits per heavy atom. The second-order valence-corrected chi connectivity index (χ2v) is 4.26. The van der Waals surface area contributed by atoms with Crippen LogP contribution in [0.2, 0.25) is 0 Å². The number of hydrogen-bond donors (Lipinski definition) is 1. The second kappa shape index (κ2) is 5.94. The van der Waals surface area contributed by atoms with E-state index in [0.29, 0.717) is 24.9 Å². The Balaban J connectivity index is 2.52. The van der Waals surface area contributed by atoms with Crippen molar-refractivity contribution in [1.29, 1.82) is 0 Å². The topological polar surface area (TPSA) is 78.9 Å². The van der Waals surface area contributed by atoms with Crippen LogP contribution in [0, 0.1) is 0 Å². The molecule has 1 aromatic heterocycles. The van der Waals surface area contributed by atoms with Gasteiger partial charge in [0.05, 0.1) is 13.2 Å². The van der Waals surface area contributed by atoms with Gasteiger partial charge in [-0.3, -0.25) is 0 Å². The lowest BCUT2D eigenvalue weighted by Crippen LogP contribution is -2.14. The van der Waals surface area contributed by atoms with Gasteiger partial charge in [-0.15, -0.1) is 5.10 Å². The molecular formula is C7H15N5OS. The summed E-state index contributed by atoms with van der Waals surface area (Å²) in [5.41, 5.74) is 5.43. The standard InChI is InChI=1S/C7H15N5OS/c1-6(5-13-2)14-7-9-10-11-12(7)4-3-8/h6H,3-5,8H2,1-2H3. The number of thioether (sulfide) groups is 1. The maximum absolute atomic E-state index is 5.43. The van der Waals surface area contributed by atoms with Gasteiger partial charge in [0.1, 0.15) is 0 Å². The van der Waals surface area contributed by atoms with Crippen molar-refractivity contribution in [3.8, 4) is 0 Å². The maximum Gasteiger partial charge on any atom is 0.209 e. The van der Waals surface area contributed by atoms with Gasteiger partial charge in [-0.2, -0.15) is 0 Å². The third-order valence-electron chi connectivity index (χ3n) is 1.55. The van der Waals surface area contributed by atoms with Crippen LogP contribution >= 0.6 is 11.8 Å². The van der Waals surface area contributed by atoms with Crippen molar-refractivity contribution in [3.63, 3.8) is 0 Å². The minimum atomic E-state index is 0.336. The highest BCUT2D eigenvalue weighted by atomic mass is 32.2. The molecule has 0 saturated carbocycles. The number of nitrogens with zero attached hydrogens (tertiary/aromatic N) is 4. The summed E-state index contributed by atoms with van der Waals surface area (Å²) in [7, 11) is 1.68. The van der Waals surface area contributed by atoms with Gasteiger partial charge >= 0.3 is 0 Å². The zero-order valence-electron chi connectivity index (χ0n) is 8.38. The van der Waals surface area contributed by atoms with E-state index in [9.17, 15) is 0 Å². The summed E-state index contributed by atoms with van der Waals surface area (Å²) in [5, 5.41) is 12.5. The number of methoxy groups -OCH3 is 1. The van der Waals surface area contributed by atoms with Crippen molar-refractivity contribution < 1.29 is 4.74 Å². The maximum atomic E-state index is 5.43. The lowest BCUT2D eigenvalue weighted by molar-refractivity contribution is 0.203. The molecule has 0 aliphatic carbocycles. The lowest BCUT2D eigenvalue weighted by Gasteiger charge is -2.08. The van der Waals surface area contributed by atoms with Gasteiger partial charge in [0.15, 0.2) is 0 Å². The highest BCUT2D eigenvalue weighted by Crippen LogP contribution is 2.19. The fourth-order valence-corrected chi connectivity index (χ4v) is 1.89. The molecule has 0 saturated heterocycles. The summed E-state index contributed by atoms with van der Waals surface area (Å²) >= 11 is 1.59. The number of aromatic nitrogens is 4. The minimum Gasteiger partial charge on any atom is -0.384 e. The number of tetrazole rings is 1. The molecule has 0 aliphatic rings. The Morgan fingerprint density at radius 3 is 3.07 bits per heavy atom. The number of ether oxygens (including phenoxy) is 1. The Kier molecular flexibility index (Phi) is 4.85. The van der Waals surface area contributed by atoms with Crippen molar-refractivity contribution in [3.05, 3.63) is 0 Å². The van der Waals surface area contributed by atoms with Gasteiger partial charge in [0.2, 0.25) is 5.16 Å². The van der Waals surface area contributed by atoms with Crippen molar-refractivity contribution in [2.45, 2.75) is 23.9 Å². The highest BCUT2D eigenvalue weighted by Gasteiger charge is 2.10. The molecule has 1 unspecified atom stereocenters. The average molecular weight is 217 g/mol. The van der Waals surface area contributed by atoms with Crippen LogP contribution in [0.1, 0.15) is 6.92 Å². The minimum absolute atomic E-state index is 0.336. The van der Waals surface area contributed by atoms with Crippen LogP contribution in [0.25, 0.3) is 0 Å². The van der Waals surface area contributed by atoms with E-state index in [-0.39, 0.29) is 0 Å². The van der Waals surface area contributed by atoms with Crippen LogP contribution in [0.5, 0.6) is 0 Å². The summed E-state index contributed by atoms with van der Waals surface area (Å²) < 4.78 is 6.73. The van der Waals surface area contributed by atoms with Crippen molar-refractivity contribution >= 4 is 11.8 Å². The van der Waals surface area contributed by atoms with Crippen molar-refractivity contribution in [1.82, 2.24) is 20.2 Å². The van der Waals surface area contributed by atoms with Crippen LogP contribution in [0.3, 0.4) is 0 Å². The quantitative estimate of drug-likeness (QED) is 0.662. The Labute approximate surface area is 87.2 Å². The van der Waals surface area contributed by atoms with E-state index < -0.39 is 0 Å². The number of rotatable bonds is 6. The lowest BCUT2D eigenvalue weighted by atomic mass is 10.5. The van der Waals surface area contributed by atoms with E-state index in [1.807, 2.05) is 0 Å². The fraction of sp³-hybridized carbons (Fsp3) is 0.857. The molecule has 7 heteroatoms. The van der Waals surface area contributed by atoms with Gasteiger partial charge in [-0.25, -0.2) is 4.68 Å². The number of hydrogen-bond acceptors (Lipinski definition) is 6. The second-order valence-electron chi connectivity index (χ2n) is 2.86. The molecule has 80 valence electrons. The van der Waals surface area contributed by atoms with Gasteiger partial charge in [0, 0.05) is 18.9 Å². The summed E-state index contributed by atoms with van der Waals surface area (Å²) in [6, 6.07) is 0. The monoisotopic (exact) mass is 217 g/mol. The smallest absolute Gasteiger partial charge is 0.209 e. The van der Waals surface area contributed by atoms with Crippen molar-refractivity contribution in [2.75, 3.05) is 20.3 Å². The van der Waals surface area contributed by atoms with Crippen molar-refractivity contribution in [2.24, 2.45) is 5.73 Å². The molecule has 1 rings (SSSR count). The van der Waals surface area contributed by atoms with Crippen LogP contribution in [-0.4, -0.2) is 45.7 Å². The molecule has 0 aliphatic heterocycles. The molecule has 2 N–H and O–H groups in total. The van der Waals surface area contributed by atoms with E-state index in [1.54, 1.807) is 23.6 Å². The highest BCUT2D eigenvalue weighted by molar-refractivity contribution is 7.99. The van der Waals surface area contributed by atoms with E-state index in [2.05, 4.69) is 22.4 Å². The molecule has 0 amide bonds. The fourth-order valence-electron chi connectivity index (χ4n) is 0.992. The molecule has 0 aromatic carbocycles. The van der Waals surface area contributed by atoms with E-state index >= 15 is 0 Å². The first-order chi connectivity index (χ1) is 6.77. The molecule has 0 bridgehead atoms. The van der Waals surface area contributed by atoms with Crippen LogP contribution in [0.4, 0.5) is 0 Å². The third kappa shape index (κ3) is 3.24. The van der Waals surface area contributed by atoms with Crippen LogP contribution in [-0.2, 0) is 11.3 Å². The molecule has 6 nitrogen and oxygen atoms in total. The van der Waals surface area contributed by atoms with Gasteiger partial charge in [-0.05, 0) is 10.4 Å². The normalized spacial score (nSPS) is 13.1. The van der Waals surface area contributed by atoms with Gasteiger partial charge in [-0.1, -0.05) is 18.7 Å².